The van der Waals surface area contributed by atoms with E-state index in [0.717, 1.165) is 18.6 Å². The quantitative estimate of drug-likeness (QED) is 0.886. The Hall–Kier alpha value is -1.09. The smallest absolute Gasteiger partial charge is 0.126 e. The van der Waals surface area contributed by atoms with E-state index in [9.17, 15) is 4.39 Å². The van der Waals surface area contributed by atoms with Gasteiger partial charge in [0.1, 0.15) is 17.7 Å². The number of nitrogens with one attached hydrogen (secondary N) is 1. The third-order valence-electron chi connectivity index (χ3n) is 4.50. The maximum absolute atomic E-state index is 13.2. The number of rotatable bonds is 4. The van der Waals surface area contributed by atoms with Gasteiger partial charge >= 0.3 is 0 Å². The zero-order valence-electron chi connectivity index (χ0n) is 11.6. The fourth-order valence-electron chi connectivity index (χ4n) is 2.78. The van der Waals surface area contributed by atoms with Crippen LogP contribution in [0.25, 0.3) is 0 Å². The van der Waals surface area contributed by atoms with Crippen molar-refractivity contribution in [2.24, 2.45) is 5.41 Å². The summed E-state index contributed by atoms with van der Waals surface area (Å²) in [6.45, 7) is 6.20. The molecule has 0 aliphatic heterocycles. The van der Waals surface area contributed by atoms with Crippen LogP contribution in [0.3, 0.4) is 0 Å². The van der Waals surface area contributed by atoms with Crippen molar-refractivity contribution in [3.8, 4) is 5.75 Å². The molecule has 1 fully saturated rings. The van der Waals surface area contributed by atoms with Gasteiger partial charge in [-0.25, -0.2) is 4.39 Å². The van der Waals surface area contributed by atoms with Crippen LogP contribution in [0.2, 0.25) is 0 Å². The van der Waals surface area contributed by atoms with E-state index >= 15 is 0 Å². The minimum atomic E-state index is -0.178. The summed E-state index contributed by atoms with van der Waals surface area (Å²) in [5.41, 5.74) is 0.798. The molecule has 18 heavy (non-hydrogen) atoms. The molecule has 0 aromatic heterocycles. The van der Waals surface area contributed by atoms with Crippen LogP contribution in [0.1, 0.15) is 32.3 Å². The van der Waals surface area contributed by atoms with E-state index in [1.807, 2.05) is 7.05 Å². The van der Waals surface area contributed by atoms with Crippen LogP contribution in [0.15, 0.2) is 18.2 Å². The number of aryl methyl sites for hydroxylation is 1. The van der Waals surface area contributed by atoms with Crippen LogP contribution in [0, 0.1) is 18.2 Å². The number of hydrogen-bond acceptors (Lipinski definition) is 2. The molecule has 0 spiro atoms. The van der Waals surface area contributed by atoms with Crippen molar-refractivity contribution < 1.29 is 9.13 Å². The Labute approximate surface area is 109 Å². The van der Waals surface area contributed by atoms with E-state index in [1.54, 1.807) is 19.1 Å². The Kier molecular flexibility index (Phi) is 3.62. The Bertz CT molecular complexity index is 435. The summed E-state index contributed by atoms with van der Waals surface area (Å²) >= 11 is 0. The summed E-state index contributed by atoms with van der Waals surface area (Å²) in [4.78, 5) is 0. The Morgan fingerprint density at radius 1 is 1.50 bits per heavy atom. The first-order valence-electron chi connectivity index (χ1n) is 6.61. The third kappa shape index (κ3) is 2.12. The molecule has 2 rings (SSSR count). The van der Waals surface area contributed by atoms with Crippen molar-refractivity contribution in [1.29, 1.82) is 0 Å². The maximum atomic E-state index is 13.2. The summed E-state index contributed by atoms with van der Waals surface area (Å²) in [5.74, 6) is 0.593. The fraction of sp³-hybridized carbons (Fsp3) is 0.600. The number of ether oxygens (including phenoxy) is 1. The lowest BCUT2D eigenvalue weighted by atomic mass is 9.61. The van der Waals surface area contributed by atoms with Gasteiger partial charge in [0.25, 0.3) is 0 Å². The molecule has 1 aromatic carbocycles. The second-order valence-electron chi connectivity index (χ2n) is 5.45. The van der Waals surface area contributed by atoms with Crippen molar-refractivity contribution in [3.05, 3.63) is 29.6 Å². The monoisotopic (exact) mass is 251 g/mol. The lowest BCUT2D eigenvalue weighted by molar-refractivity contribution is -0.0677. The van der Waals surface area contributed by atoms with Gasteiger partial charge in [-0.2, -0.15) is 0 Å². The first-order chi connectivity index (χ1) is 8.51. The Morgan fingerprint density at radius 3 is 2.78 bits per heavy atom. The van der Waals surface area contributed by atoms with Gasteiger partial charge in [0, 0.05) is 17.9 Å². The zero-order valence-corrected chi connectivity index (χ0v) is 11.6. The summed E-state index contributed by atoms with van der Waals surface area (Å²) < 4.78 is 19.2. The van der Waals surface area contributed by atoms with E-state index in [1.165, 1.54) is 6.07 Å². The normalized spacial score (nSPS) is 30.9. The molecule has 100 valence electrons. The van der Waals surface area contributed by atoms with Crippen LogP contribution in [0.4, 0.5) is 4.39 Å². The van der Waals surface area contributed by atoms with E-state index in [4.69, 9.17) is 4.74 Å². The largest absolute Gasteiger partial charge is 0.490 e. The average molecular weight is 251 g/mol. The maximum Gasteiger partial charge on any atom is 0.126 e. The van der Waals surface area contributed by atoms with E-state index in [2.05, 4.69) is 19.2 Å². The standard InChI is InChI=1S/C15H22FNO/c1-5-15(3)13(17-4)9-14(15)18-11-6-7-12(16)10(2)8-11/h6-8,13-14,17H,5,9H2,1-4H3. The molecule has 3 unspecified atom stereocenters. The first kappa shape index (κ1) is 13.3. The molecular formula is C15H22FNO. The predicted octanol–water partition coefficient (Wildman–Crippen LogP) is 3.29. The molecule has 3 atom stereocenters. The van der Waals surface area contributed by atoms with Gasteiger partial charge in [-0.3, -0.25) is 0 Å². The number of hydrogen-bond donors (Lipinski definition) is 1. The van der Waals surface area contributed by atoms with Crippen LogP contribution in [-0.4, -0.2) is 19.2 Å². The van der Waals surface area contributed by atoms with Crippen molar-refractivity contribution in [1.82, 2.24) is 5.32 Å². The van der Waals surface area contributed by atoms with Gasteiger partial charge in [-0.1, -0.05) is 13.8 Å². The molecule has 0 radical (unpaired) electrons. The van der Waals surface area contributed by atoms with E-state index in [0.29, 0.717) is 11.6 Å². The van der Waals surface area contributed by atoms with Gasteiger partial charge < -0.3 is 10.1 Å². The second kappa shape index (κ2) is 4.88. The van der Waals surface area contributed by atoms with Crippen molar-refractivity contribution in [3.63, 3.8) is 0 Å². The SMILES string of the molecule is CCC1(C)C(NC)CC1Oc1ccc(F)c(C)c1. The number of halogens is 1. The predicted molar refractivity (Wildman–Crippen MR) is 71.4 cm³/mol. The summed E-state index contributed by atoms with van der Waals surface area (Å²) in [5, 5.41) is 3.34. The average Bonchev–Trinajstić information content (AvgIpc) is 2.37. The highest BCUT2D eigenvalue weighted by molar-refractivity contribution is 5.29. The van der Waals surface area contributed by atoms with Crippen LogP contribution in [-0.2, 0) is 0 Å². The summed E-state index contributed by atoms with van der Waals surface area (Å²) in [7, 11) is 2.00. The lowest BCUT2D eigenvalue weighted by Crippen LogP contribution is -2.62. The van der Waals surface area contributed by atoms with Crippen LogP contribution in [0.5, 0.6) is 5.75 Å². The van der Waals surface area contributed by atoms with E-state index in [-0.39, 0.29) is 17.3 Å². The van der Waals surface area contributed by atoms with Gasteiger partial charge in [-0.15, -0.1) is 0 Å². The van der Waals surface area contributed by atoms with Crippen LogP contribution < -0.4 is 10.1 Å². The van der Waals surface area contributed by atoms with Crippen molar-refractivity contribution in [2.75, 3.05) is 7.05 Å². The fourth-order valence-corrected chi connectivity index (χ4v) is 2.78. The Morgan fingerprint density at radius 2 is 2.22 bits per heavy atom. The molecule has 1 N–H and O–H groups in total. The molecule has 1 aliphatic carbocycles. The minimum Gasteiger partial charge on any atom is -0.490 e. The van der Waals surface area contributed by atoms with Crippen molar-refractivity contribution in [2.45, 2.75) is 45.8 Å². The first-order valence-corrected chi connectivity index (χ1v) is 6.61. The minimum absolute atomic E-state index is 0.164. The molecule has 2 nitrogen and oxygen atoms in total. The Balaban J connectivity index is 2.08. The highest BCUT2D eigenvalue weighted by Crippen LogP contribution is 2.45. The zero-order chi connectivity index (χ0) is 13.3. The summed E-state index contributed by atoms with van der Waals surface area (Å²) in [6, 6.07) is 5.47. The molecule has 1 saturated carbocycles. The van der Waals surface area contributed by atoms with Crippen molar-refractivity contribution >= 4 is 0 Å². The van der Waals surface area contributed by atoms with Gasteiger partial charge in [0.2, 0.25) is 0 Å². The molecule has 1 aromatic rings. The molecule has 1 aliphatic rings. The molecular weight excluding hydrogens is 229 g/mol. The molecule has 0 heterocycles. The number of benzene rings is 1. The molecule has 0 bridgehead atoms. The van der Waals surface area contributed by atoms with Gasteiger partial charge in [-0.05, 0) is 44.2 Å². The third-order valence-corrected chi connectivity index (χ3v) is 4.50. The van der Waals surface area contributed by atoms with Gasteiger partial charge in [0.05, 0.1) is 0 Å². The van der Waals surface area contributed by atoms with Gasteiger partial charge in [0.15, 0.2) is 0 Å². The topological polar surface area (TPSA) is 21.3 Å². The highest BCUT2D eigenvalue weighted by atomic mass is 19.1. The molecule has 0 saturated heterocycles. The second-order valence-corrected chi connectivity index (χ2v) is 5.45. The molecule has 3 heteroatoms. The van der Waals surface area contributed by atoms with E-state index < -0.39 is 0 Å². The lowest BCUT2D eigenvalue weighted by Gasteiger charge is -2.53. The highest BCUT2D eigenvalue weighted by Gasteiger charge is 2.51. The summed E-state index contributed by atoms with van der Waals surface area (Å²) in [6.07, 6.45) is 2.30. The molecule has 0 amide bonds. The van der Waals surface area contributed by atoms with Crippen LogP contribution >= 0.6 is 0 Å².